The van der Waals surface area contributed by atoms with E-state index >= 15 is 0 Å². The predicted molar refractivity (Wildman–Crippen MR) is 139 cm³/mol. The summed E-state index contributed by atoms with van der Waals surface area (Å²) in [7, 11) is 0. The van der Waals surface area contributed by atoms with E-state index in [1.165, 1.54) is 22.3 Å². The van der Waals surface area contributed by atoms with Crippen molar-refractivity contribution in [2.75, 3.05) is 6.61 Å². The molecule has 4 aromatic rings. The number of ether oxygens (including phenoxy) is 1. The van der Waals surface area contributed by atoms with Crippen LogP contribution in [-0.2, 0) is 10.3 Å². The Hall–Kier alpha value is -3.70. The van der Waals surface area contributed by atoms with E-state index in [1.807, 2.05) is 47.4 Å². The molecule has 5 heteroatoms. The summed E-state index contributed by atoms with van der Waals surface area (Å²) in [6.45, 7) is 0.324. The zero-order chi connectivity index (χ0) is 24.3. The molecular weight excluding hydrogens is 448 g/mol. The summed E-state index contributed by atoms with van der Waals surface area (Å²) in [5, 5.41) is 12.7. The Kier molecular flexibility index (Phi) is 4.90. The van der Waals surface area contributed by atoms with Gasteiger partial charge in [0.05, 0.1) is 11.1 Å². The predicted octanol–water partition coefficient (Wildman–Crippen LogP) is 6.00. The molecule has 2 atom stereocenters. The fraction of sp³-hybridized carbons (Fsp3) is 0.290. The second kappa shape index (κ2) is 8.17. The summed E-state index contributed by atoms with van der Waals surface area (Å²) in [6, 6.07) is 26.7. The maximum atomic E-state index is 13.4. The monoisotopic (exact) mass is 476 g/mol. The van der Waals surface area contributed by atoms with Crippen LogP contribution in [-0.4, -0.2) is 39.8 Å². The lowest BCUT2D eigenvalue weighted by molar-refractivity contribution is -0.0530. The van der Waals surface area contributed by atoms with Crippen molar-refractivity contribution in [3.63, 3.8) is 0 Å². The molecule has 5 nitrogen and oxygen atoms in total. The number of aliphatic hydroxyl groups is 1. The van der Waals surface area contributed by atoms with Crippen LogP contribution in [0.3, 0.4) is 0 Å². The minimum atomic E-state index is -0.948. The van der Waals surface area contributed by atoms with Crippen molar-refractivity contribution < 1.29 is 14.6 Å². The van der Waals surface area contributed by atoms with Gasteiger partial charge < -0.3 is 14.7 Å². The third kappa shape index (κ3) is 3.34. The first-order valence-corrected chi connectivity index (χ1v) is 12.8. The van der Waals surface area contributed by atoms with Gasteiger partial charge >= 0.3 is 6.09 Å². The van der Waals surface area contributed by atoms with E-state index in [2.05, 4.69) is 41.4 Å². The van der Waals surface area contributed by atoms with E-state index in [1.54, 1.807) is 6.20 Å². The van der Waals surface area contributed by atoms with Gasteiger partial charge in [0.1, 0.15) is 6.61 Å². The Morgan fingerprint density at radius 3 is 2.28 bits per heavy atom. The van der Waals surface area contributed by atoms with Crippen LogP contribution in [0.15, 0.2) is 85.1 Å². The van der Waals surface area contributed by atoms with Gasteiger partial charge in [-0.1, -0.05) is 60.7 Å². The molecule has 3 aliphatic rings. The molecule has 1 aliphatic carbocycles. The van der Waals surface area contributed by atoms with Gasteiger partial charge in [-0.15, -0.1) is 0 Å². The van der Waals surface area contributed by atoms with Crippen molar-refractivity contribution in [3.8, 4) is 11.1 Å². The first-order chi connectivity index (χ1) is 17.6. The lowest BCUT2D eigenvalue weighted by Gasteiger charge is -2.43. The SMILES string of the molecule is O=C(OCC1c2ccccc2-c2ccccc21)N1C2CCC1CC(O)(c1ccc3ncccc3c1)C2. The second-order valence-corrected chi connectivity index (χ2v) is 10.4. The summed E-state index contributed by atoms with van der Waals surface area (Å²) in [5.41, 5.74) is 5.76. The summed E-state index contributed by atoms with van der Waals surface area (Å²) in [5.74, 6) is 0.0481. The Morgan fingerprint density at radius 2 is 1.58 bits per heavy atom. The number of carbonyl (C=O) groups excluding carboxylic acids is 1. The highest BCUT2D eigenvalue weighted by molar-refractivity contribution is 5.80. The van der Waals surface area contributed by atoms with Crippen LogP contribution in [0.2, 0.25) is 0 Å². The van der Waals surface area contributed by atoms with Crippen LogP contribution in [0, 0.1) is 0 Å². The lowest BCUT2D eigenvalue weighted by atomic mass is 9.80. The molecular formula is C31H28N2O3. The topological polar surface area (TPSA) is 62.7 Å². The minimum Gasteiger partial charge on any atom is -0.448 e. The molecule has 0 radical (unpaired) electrons. The number of pyridine rings is 1. The number of hydrogen-bond donors (Lipinski definition) is 1. The van der Waals surface area contributed by atoms with Gasteiger partial charge in [0.25, 0.3) is 0 Å². The lowest BCUT2D eigenvalue weighted by Crippen LogP contribution is -2.52. The van der Waals surface area contributed by atoms with Crippen LogP contribution in [0.5, 0.6) is 0 Å². The number of piperidine rings is 1. The summed E-state index contributed by atoms with van der Waals surface area (Å²) >= 11 is 0. The molecule has 1 aromatic heterocycles. The van der Waals surface area contributed by atoms with E-state index in [0.717, 1.165) is 29.3 Å². The van der Waals surface area contributed by atoms with Gasteiger partial charge in [0.2, 0.25) is 0 Å². The number of aromatic nitrogens is 1. The number of hydrogen-bond acceptors (Lipinski definition) is 4. The van der Waals surface area contributed by atoms with E-state index in [4.69, 9.17) is 4.74 Å². The molecule has 180 valence electrons. The highest BCUT2D eigenvalue weighted by Gasteiger charge is 2.50. The Bertz CT molecular complexity index is 1420. The maximum absolute atomic E-state index is 13.4. The standard InChI is InChI=1S/C31H28N2O3/c34-30(36-19-28-26-9-3-1-7-24(26)25-8-2-4-10-27(25)28)33-22-12-13-23(33)18-31(35,17-22)21-11-14-29-20(16-21)6-5-15-32-29/h1-11,14-16,22-23,28,35H,12-13,17-19H2. The van der Waals surface area contributed by atoms with Crippen LogP contribution in [0.4, 0.5) is 4.79 Å². The molecule has 36 heavy (non-hydrogen) atoms. The first kappa shape index (κ1) is 21.6. The molecule has 2 saturated heterocycles. The average molecular weight is 477 g/mol. The molecule has 2 unspecified atom stereocenters. The van der Waals surface area contributed by atoms with Crippen molar-refractivity contribution >= 4 is 17.0 Å². The zero-order valence-corrected chi connectivity index (χ0v) is 20.0. The van der Waals surface area contributed by atoms with Crippen molar-refractivity contribution in [1.29, 1.82) is 0 Å². The van der Waals surface area contributed by atoms with E-state index in [-0.39, 0.29) is 24.1 Å². The minimum absolute atomic E-state index is 0.0194. The molecule has 3 aromatic carbocycles. The highest BCUT2D eigenvalue weighted by atomic mass is 16.6. The van der Waals surface area contributed by atoms with Crippen molar-refractivity contribution in [2.45, 2.75) is 49.3 Å². The molecule has 1 amide bonds. The molecule has 3 heterocycles. The third-order valence-corrected chi connectivity index (χ3v) is 8.45. The molecule has 0 spiro atoms. The van der Waals surface area contributed by atoms with Gasteiger partial charge in [-0.05, 0) is 58.9 Å². The summed E-state index contributed by atoms with van der Waals surface area (Å²) < 4.78 is 5.99. The van der Waals surface area contributed by atoms with Gasteiger partial charge in [-0.25, -0.2) is 4.79 Å². The number of carbonyl (C=O) groups is 1. The van der Waals surface area contributed by atoms with Crippen LogP contribution in [0.1, 0.15) is 48.3 Å². The number of amides is 1. The van der Waals surface area contributed by atoms with E-state index in [0.29, 0.717) is 19.4 Å². The Morgan fingerprint density at radius 1 is 0.917 bits per heavy atom. The Balaban J connectivity index is 1.09. The second-order valence-electron chi connectivity index (χ2n) is 10.4. The van der Waals surface area contributed by atoms with Gasteiger partial charge in [0, 0.05) is 42.4 Å². The molecule has 2 aliphatic heterocycles. The molecule has 0 saturated carbocycles. The third-order valence-electron chi connectivity index (χ3n) is 8.45. The molecule has 1 N–H and O–H groups in total. The first-order valence-electron chi connectivity index (χ1n) is 12.8. The average Bonchev–Trinajstić information content (AvgIpc) is 3.39. The van der Waals surface area contributed by atoms with E-state index in [9.17, 15) is 9.90 Å². The van der Waals surface area contributed by atoms with Gasteiger partial charge in [-0.2, -0.15) is 0 Å². The normalized spacial score (nSPS) is 24.5. The quantitative estimate of drug-likeness (QED) is 0.394. The van der Waals surface area contributed by atoms with Crippen LogP contribution < -0.4 is 0 Å². The molecule has 2 bridgehead atoms. The summed E-state index contributed by atoms with van der Waals surface area (Å²) in [4.78, 5) is 19.7. The van der Waals surface area contributed by atoms with Crippen molar-refractivity contribution in [1.82, 2.24) is 9.88 Å². The Labute approximate surface area is 210 Å². The number of rotatable bonds is 3. The maximum Gasteiger partial charge on any atom is 0.410 e. The fourth-order valence-electron chi connectivity index (χ4n) is 6.79. The molecule has 2 fully saturated rings. The largest absolute Gasteiger partial charge is 0.448 e. The van der Waals surface area contributed by atoms with Gasteiger partial charge in [-0.3, -0.25) is 4.98 Å². The van der Waals surface area contributed by atoms with Crippen molar-refractivity contribution in [3.05, 3.63) is 102 Å². The van der Waals surface area contributed by atoms with Crippen LogP contribution >= 0.6 is 0 Å². The summed E-state index contributed by atoms with van der Waals surface area (Å²) in [6.07, 6.45) is 4.37. The number of benzene rings is 3. The number of fused-ring (bicyclic) bond motifs is 6. The highest BCUT2D eigenvalue weighted by Crippen LogP contribution is 2.47. The zero-order valence-electron chi connectivity index (χ0n) is 20.0. The van der Waals surface area contributed by atoms with E-state index < -0.39 is 5.60 Å². The van der Waals surface area contributed by atoms with Crippen molar-refractivity contribution in [2.24, 2.45) is 0 Å². The smallest absolute Gasteiger partial charge is 0.410 e. The van der Waals surface area contributed by atoms with Crippen LogP contribution in [0.25, 0.3) is 22.0 Å². The van der Waals surface area contributed by atoms with Gasteiger partial charge in [0.15, 0.2) is 0 Å². The number of nitrogens with zero attached hydrogens (tertiary/aromatic N) is 2. The molecule has 7 rings (SSSR count). The fourth-order valence-corrected chi connectivity index (χ4v) is 6.79.